The van der Waals surface area contributed by atoms with Gasteiger partial charge in [0.05, 0.1) is 14.2 Å². The first-order valence-electron chi connectivity index (χ1n) is 7.92. The molecule has 142 valence electrons. The van der Waals surface area contributed by atoms with Gasteiger partial charge in [0.15, 0.2) is 0 Å². The van der Waals surface area contributed by atoms with Gasteiger partial charge in [0.2, 0.25) is 10.0 Å². The van der Waals surface area contributed by atoms with Crippen LogP contribution in [0.2, 0.25) is 5.02 Å². The zero-order valence-corrected chi connectivity index (χ0v) is 16.8. The molecule has 2 aromatic rings. The molecule has 0 aliphatic rings. The third-order valence-electron chi connectivity index (χ3n) is 4.01. The van der Waals surface area contributed by atoms with E-state index in [0.717, 1.165) is 5.56 Å². The molecule has 2 rings (SSSR count). The number of hydrogen-bond acceptors (Lipinski definition) is 5. The van der Waals surface area contributed by atoms with Crippen molar-refractivity contribution in [3.05, 3.63) is 53.1 Å². The lowest BCUT2D eigenvalue weighted by atomic mass is 10.1. The van der Waals surface area contributed by atoms with Gasteiger partial charge in [0.25, 0.3) is 0 Å². The molecule has 1 N–H and O–H groups in total. The summed E-state index contributed by atoms with van der Waals surface area (Å²) >= 11 is 6.27. The predicted octanol–water partition coefficient (Wildman–Crippen LogP) is 2.94. The van der Waals surface area contributed by atoms with Gasteiger partial charge in [-0.1, -0.05) is 29.8 Å². The molecule has 0 bridgehead atoms. The van der Waals surface area contributed by atoms with Crippen LogP contribution in [0.5, 0.6) is 11.5 Å². The minimum atomic E-state index is -3.78. The largest absolute Gasteiger partial charge is 0.497 e. The molecule has 1 unspecified atom stereocenters. The number of nitrogens with one attached hydrogen (secondary N) is 1. The minimum Gasteiger partial charge on any atom is -0.497 e. The van der Waals surface area contributed by atoms with Crippen molar-refractivity contribution >= 4 is 21.6 Å². The molecule has 2 aromatic carbocycles. The summed E-state index contributed by atoms with van der Waals surface area (Å²) in [5.41, 5.74) is 0.851. The van der Waals surface area contributed by atoms with Crippen LogP contribution in [-0.2, 0) is 10.0 Å². The van der Waals surface area contributed by atoms with E-state index >= 15 is 0 Å². The highest BCUT2D eigenvalue weighted by Crippen LogP contribution is 2.29. The standard InChI is InChI=1S/C18H23ClN2O4S/c1-21(2)16(14-7-5-6-8-15(14)19)12-20-26(22,23)18-10-9-13(24-3)11-17(18)25-4/h5-11,16,20H,12H2,1-4H3. The molecule has 0 heterocycles. The molecule has 0 aliphatic carbocycles. The van der Waals surface area contributed by atoms with Crippen LogP contribution in [0.4, 0.5) is 0 Å². The summed E-state index contributed by atoms with van der Waals surface area (Å²) in [5, 5.41) is 0.590. The van der Waals surface area contributed by atoms with E-state index in [-0.39, 0.29) is 23.2 Å². The third kappa shape index (κ3) is 4.67. The lowest BCUT2D eigenvalue weighted by Gasteiger charge is -2.26. The number of halogens is 1. The number of ether oxygens (including phenoxy) is 2. The van der Waals surface area contributed by atoms with Crippen molar-refractivity contribution < 1.29 is 17.9 Å². The molecular weight excluding hydrogens is 376 g/mol. The second-order valence-electron chi connectivity index (χ2n) is 5.87. The predicted molar refractivity (Wildman–Crippen MR) is 103 cm³/mol. The van der Waals surface area contributed by atoms with E-state index in [0.29, 0.717) is 10.8 Å². The first-order chi connectivity index (χ1) is 12.3. The molecule has 0 saturated heterocycles. The lowest BCUT2D eigenvalue weighted by molar-refractivity contribution is 0.299. The Kier molecular flexibility index (Phi) is 6.88. The van der Waals surface area contributed by atoms with Gasteiger partial charge in [-0.25, -0.2) is 13.1 Å². The summed E-state index contributed by atoms with van der Waals surface area (Å²) in [6.45, 7) is 0.161. The Morgan fingerprint density at radius 1 is 1.12 bits per heavy atom. The van der Waals surface area contributed by atoms with Gasteiger partial charge >= 0.3 is 0 Å². The second kappa shape index (κ2) is 8.73. The maximum atomic E-state index is 12.8. The van der Waals surface area contributed by atoms with Gasteiger partial charge in [-0.3, -0.25) is 0 Å². The van der Waals surface area contributed by atoms with Gasteiger partial charge in [-0.15, -0.1) is 0 Å². The van der Waals surface area contributed by atoms with Crippen LogP contribution in [0.3, 0.4) is 0 Å². The fourth-order valence-electron chi connectivity index (χ4n) is 2.58. The zero-order valence-electron chi connectivity index (χ0n) is 15.2. The van der Waals surface area contributed by atoms with Crippen LogP contribution in [0.1, 0.15) is 11.6 Å². The molecule has 8 heteroatoms. The van der Waals surface area contributed by atoms with Gasteiger partial charge in [0.1, 0.15) is 16.4 Å². The number of benzene rings is 2. The number of sulfonamides is 1. The molecule has 26 heavy (non-hydrogen) atoms. The smallest absolute Gasteiger partial charge is 0.244 e. The summed E-state index contributed by atoms with van der Waals surface area (Å²) < 4.78 is 38.5. The second-order valence-corrected chi connectivity index (χ2v) is 8.01. The first kappa shape index (κ1) is 20.5. The van der Waals surface area contributed by atoms with Gasteiger partial charge in [-0.2, -0.15) is 0 Å². The van der Waals surface area contributed by atoms with E-state index in [1.54, 1.807) is 12.1 Å². The maximum Gasteiger partial charge on any atom is 0.244 e. The number of likely N-dealkylation sites (N-methyl/N-ethyl adjacent to an activating group) is 1. The summed E-state index contributed by atoms with van der Waals surface area (Å²) in [7, 11) is 2.89. The van der Waals surface area contributed by atoms with E-state index in [1.807, 2.05) is 37.2 Å². The normalized spacial score (nSPS) is 12.8. The average Bonchev–Trinajstić information content (AvgIpc) is 2.62. The van der Waals surface area contributed by atoms with Crippen molar-refractivity contribution in [2.75, 3.05) is 34.9 Å². The topological polar surface area (TPSA) is 67.9 Å². The fraction of sp³-hybridized carbons (Fsp3) is 0.333. The lowest BCUT2D eigenvalue weighted by Crippen LogP contribution is -2.34. The van der Waals surface area contributed by atoms with Crippen molar-refractivity contribution in [3.8, 4) is 11.5 Å². The highest BCUT2D eigenvalue weighted by atomic mass is 35.5. The molecule has 1 atom stereocenters. The van der Waals surface area contributed by atoms with Crippen LogP contribution in [-0.4, -0.2) is 48.2 Å². The molecule has 0 aromatic heterocycles. The number of methoxy groups -OCH3 is 2. The fourth-order valence-corrected chi connectivity index (χ4v) is 4.03. The Hall–Kier alpha value is -1.80. The molecule has 0 radical (unpaired) electrons. The van der Waals surface area contributed by atoms with Gasteiger partial charge < -0.3 is 14.4 Å². The Balaban J connectivity index is 2.27. The summed E-state index contributed by atoms with van der Waals surface area (Å²) in [4.78, 5) is 1.96. The van der Waals surface area contributed by atoms with Crippen molar-refractivity contribution in [2.45, 2.75) is 10.9 Å². The quantitative estimate of drug-likeness (QED) is 0.740. The number of hydrogen-bond donors (Lipinski definition) is 1. The van der Waals surface area contributed by atoms with Gasteiger partial charge in [-0.05, 0) is 37.9 Å². The van der Waals surface area contributed by atoms with Crippen LogP contribution < -0.4 is 14.2 Å². The number of rotatable bonds is 8. The maximum absolute atomic E-state index is 12.8. The molecule has 0 amide bonds. The van der Waals surface area contributed by atoms with E-state index in [9.17, 15) is 8.42 Å². The zero-order chi connectivity index (χ0) is 19.3. The molecule has 0 aliphatic heterocycles. The van der Waals surface area contributed by atoms with Crippen molar-refractivity contribution in [1.29, 1.82) is 0 Å². The molecule has 6 nitrogen and oxygen atoms in total. The van der Waals surface area contributed by atoms with Crippen LogP contribution in [0.25, 0.3) is 0 Å². The van der Waals surface area contributed by atoms with Crippen molar-refractivity contribution in [1.82, 2.24) is 9.62 Å². The van der Waals surface area contributed by atoms with Crippen LogP contribution >= 0.6 is 11.6 Å². The van der Waals surface area contributed by atoms with E-state index < -0.39 is 10.0 Å². The molecular formula is C18H23ClN2O4S. The average molecular weight is 399 g/mol. The first-order valence-corrected chi connectivity index (χ1v) is 9.78. The number of nitrogens with zero attached hydrogens (tertiary/aromatic N) is 1. The van der Waals surface area contributed by atoms with E-state index in [4.69, 9.17) is 21.1 Å². The minimum absolute atomic E-state index is 0.0532. The molecule has 0 spiro atoms. The summed E-state index contributed by atoms with van der Waals surface area (Å²) in [5.74, 6) is 0.735. The highest BCUT2D eigenvalue weighted by molar-refractivity contribution is 7.89. The Labute approximate surface area is 159 Å². The highest BCUT2D eigenvalue weighted by Gasteiger charge is 2.24. The van der Waals surface area contributed by atoms with E-state index in [2.05, 4.69) is 4.72 Å². The Morgan fingerprint density at radius 3 is 2.38 bits per heavy atom. The Bertz CT molecular complexity index is 856. The van der Waals surface area contributed by atoms with Crippen molar-refractivity contribution in [3.63, 3.8) is 0 Å². The van der Waals surface area contributed by atoms with E-state index in [1.165, 1.54) is 26.4 Å². The van der Waals surface area contributed by atoms with Gasteiger partial charge in [0, 0.05) is 23.7 Å². The van der Waals surface area contributed by atoms with Crippen LogP contribution in [0, 0.1) is 0 Å². The van der Waals surface area contributed by atoms with Crippen LogP contribution in [0.15, 0.2) is 47.4 Å². The third-order valence-corrected chi connectivity index (χ3v) is 5.82. The molecule has 0 saturated carbocycles. The SMILES string of the molecule is COc1ccc(S(=O)(=O)NCC(c2ccccc2Cl)N(C)C)c(OC)c1. The Morgan fingerprint density at radius 2 is 1.81 bits per heavy atom. The summed E-state index contributed by atoms with van der Waals surface area (Å²) in [6.07, 6.45) is 0. The monoisotopic (exact) mass is 398 g/mol. The summed E-state index contributed by atoms with van der Waals surface area (Å²) in [6, 6.07) is 11.7. The molecule has 0 fully saturated rings. The van der Waals surface area contributed by atoms with Crippen molar-refractivity contribution in [2.24, 2.45) is 0 Å².